The van der Waals surface area contributed by atoms with Crippen molar-refractivity contribution in [1.29, 1.82) is 0 Å². The van der Waals surface area contributed by atoms with Crippen LogP contribution in [0.5, 0.6) is 0 Å². The summed E-state index contributed by atoms with van der Waals surface area (Å²) in [6, 6.07) is 8.60. The molecule has 106 valence electrons. The highest BCUT2D eigenvalue weighted by Gasteiger charge is 2.14. The van der Waals surface area contributed by atoms with Gasteiger partial charge < -0.3 is 10.3 Å². The van der Waals surface area contributed by atoms with E-state index in [0.717, 1.165) is 16.6 Å². The minimum atomic E-state index is -0.970. The van der Waals surface area contributed by atoms with E-state index in [1.807, 2.05) is 0 Å². The molecule has 0 aliphatic carbocycles. The van der Waals surface area contributed by atoms with Crippen LogP contribution in [0.3, 0.4) is 0 Å². The average Bonchev–Trinajstić information content (AvgIpc) is 2.91. The molecule has 3 aromatic rings. The van der Waals surface area contributed by atoms with Gasteiger partial charge in [0.2, 0.25) is 5.82 Å². The molecule has 0 fully saturated rings. The zero-order valence-corrected chi connectivity index (χ0v) is 12.1. The Morgan fingerprint density at radius 1 is 1.05 bits per heavy atom. The van der Waals surface area contributed by atoms with Crippen LogP contribution in [0.25, 0.3) is 22.8 Å². The molecular weight excluding hydrogens is 344 g/mol. The van der Waals surface area contributed by atoms with Crippen molar-refractivity contribution in [3.05, 3.63) is 52.5 Å². The van der Waals surface area contributed by atoms with Crippen molar-refractivity contribution >= 4 is 21.6 Å². The van der Waals surface area contributed by atoms with Crippen molar-refractivity contribution in [3.63, 3.8) is 0 Å². The summed E-state index contributed by atoms with van der Waals surface area (Å²) in [7, 11) is 0. The van der Waals surface area contributed by atoms with Crippen molar-refractivity contribution in [3.8, 4) is 22.8 Å². The first-order chi connectivity index (χ1) is 10.0. The summed E-state index contributed by atoms with van der Waals surface area (Å²) in [6.45, 7) is 0. The Labute approximate surface area is 126 Å². The summed E-state index contributed by atoms with van der Waals surface area (Å²) in [5, 5.41) is 3.75. The van der Waals surface area contributed by atoms with Gasteiger partial charge in [-0.2, -0.15) is 4.98 Å². The summed E-state index contributed by atoms with van der Waals surface area (Å²) in [5.41, 5.74) is 7.23. The van der Waals surface area contributed by atoms with E-state index in [1.54, 1.807) is 18.2 Å². The molecule has 2 N–H and O–H groups in total. The molecule has 3 rings (SSSR count). The van der Waals surface area contributed by atoms with Crippen LogP contribution in [-0.2, 0) is 0 Å². The van der Waals surface area contributed by atoms with Gasteiger partial charge in [-0.3, -0.25) is 0 Å². The van der Waals surface area contributed by atoms with E-state index < -0.39 is 11.6 Å². The molecule has 7 heteroatoms. The lowest BCUT2D eigenvalue weighted by Gasteiger charge is -2.00. The third kappa shape index (κ3) is 2.64. The molecule has 0 unspecified atom stereocenters. The Morgan fingerprint density at radius 2 is 1.86 bits per heavy atom. The van der Waals surface area contributed by atoms with Crippen LogP contribution < -0.4 is 5.73 Å². The monoisotopic (exact) mass is 351 g/mol. The van der Waals surface area contributed by atoms with Crippen LogP contribution in [0.2, 0.25) is 0 Å². The van der Waals surface area contributed by atoms with E-state index in [0.29, 0.717) is 16.8 Å². The van der Waals surface area contributed by atoms with Crippen LogP contribution in [0, 0.1) is 11.6 Å². The minimum Gasteiger partial charge on any atom is -0.398 e. The maximum absolute atomic E-state index is 13.2. The van der Waals surface area contributed by atoms with Crippen molar-refractivity contribution in [2.45, 2.75) is 0 Å². The third-order valence-corrected chi connectivity index (χ3v) is 3.34. The quantitative estimate of drug-likeness (QED) is 0.708. The van der Waals surface area contributed by atoms with E-state index in [-0.39, 0.29) is 11.7 Å². The molecule has 0 atom stereocenters. The number of rotatable bonds is 2. The van der Waals surface area contributed by atoms with Gasteiger partial charge in [-0.15, -0.1) is 0 Å². The fourth-order valence-corrected chi connectivity index (χ4v) is 2.19. The van der Waals surface area contributed by atoms with Crippen LogP contribution in [0.4, 0.5) is 14.5 Å². The molecule has 0 aliphatic rings. The largest absolute Gasteiger partial charge is 0.398 e. The van der Waals surface area contributed by atoms with E-state index in [2.05, 4.69) is 26.1 Å². The van der Waals surface area contributed by atoms with Gasteiger partial charge in [0.05, 0.1) is 5.56 Å². The van der Waals surface area contributed by atoms with E-state index >= 15 is 0 Å². The molecule has 1 heterocycles. The minimum absolute atomic E-state index is 0.159. The number of benzene rings is 2. The lowest BCUT2D eigenvalue weighted by atomic mass is 10.2. The molecule has 21 heavy (non-hydrogen) atoms. The lowest BCUT2D eigenvalue weighted by molar-refractivity contribution is 0.432. The number of hydrogen-bond acceptors (Lipinski definition) is 4. The number of nitrogens with two attached hydrogens (primary N) is 1. The summed E-state index contributed by atoms with van der Waals surface area (Å²) in [4.78, 5) is 4.15. The van der Waals surface area contributed by atoms with Crippen molar-refractivity contribution in [2.75, 3.05) is 5.73 Å². The van der Waals surface area contributed by atoms with Gasteiger partial charge in [0, 0.05) is 15.7 Å². The van der Waals surface area contributed by atoms with Crippen LogP contribution >= 0.6 is 15.9 Å². The van der Waals surface area contributed by atoms with Crippen LogP contribution in [0.15, 0.2) is 45.4 Å². The van der Waals surface area contributed by atoms with Gasteiger partial charge in [-0.25, -0.2) is 8.78 Å². The molecule has 4 nitrogen and oxygen atoms in total. The standard InChI is InChI=1S/C14H8BrF2N3O/c15-8-2-3-9(12(18)6-8)14-19-13(20-21-14)7-1-4-10(16)11(17)5-7/h1-6H,18H2. The smallest absolute Gasteiger partial charge is 0.260 e. The lowest BCUT2D eigenvalue weighted by Crippen LogP contribution is -1.90. The number of nitrogen functional groups attached to an aromatic ring is 1. The number of anilines is 1. The first-order valence-electron chi connectivity index (χ1n) is 5.89. The van der Waals surface area contributed by atoms with Gasteiger partial charge in [0.25, 0.3) is 5.89 Å². The molecule has 0 saturated carbocycles. The zero-order chi connectivity index (χ0) is 15.0. The number of halogens is 3. The maximum Gasteiger partial charge on any atom is 0.260 e. The van der Waals surface area contributed by atoms with Crippen molar-refractivity contribution < 1.29 is 13.3 Å². The second-order valence-electron chi connectivity index (χ2n) is 4.28. The van der Waals surface area contributed by atoms with Gasteiger partial charge in [0.1, 0.15) is 0 Å². The Kier molecular flexibility index (Phi) is 3.42. The molecule has 0 spiro atoms. The van der Waals surface area contributed by atoms with Gasteiger partial charge in [-0.05, 0) is 36.4 Å². The molecule has 0 saturated heterocycles. The maximum atomic E-state index is 13.2. The Hall–Kier alpha value is -2.28. The Morgan fingerprint density at radius 3 is 2.57 bits per heavy atom. The van der Waals surface area contributed by atoms with Crippen LogP contribution in [-0.4, -0.2) is 10.1 Å². The highest BCUT2D eigenvalue weighted by Crippen LogP contribution is 2.29. The molecule has 0 aliphatic heterocycles. The SMILES string of the molecule is Nc1cc(Br)ccc1-c1nc(-c2ccc(F)c(F)c2)no1. The molecule has 0 radical (unpaired) electrons. The normalized spacial score (nSPS) is 10.8. The van der Waals surface area contributed by atoms with Gasteiger partial charge >= 0.3 is 0 Å². The molecular formula is C14H8BrF2N3O. The summed E-state index contributed by atoms with van der Waals surface area (Å²) in [5.74, 6) is -1.53. The van der Waals surface area contributed by atoms with Crippen molar-refractivity contribution in [1.82, 2.24) is 10.1 Å². The summed E-state index contributed by atoms with van der Waals surface area (Å²) in [6.07, 6.45) is 0. The number of nitrogens with zero attached hydrogens (tertiary/aromatic N) is 2. The second kappa shape index (κ2) is 5.25. The topological polar surface area (TPSA) is 64.9 Å². The first kappa shape index (κ1) is 13.7. The highest BCUT2D eigenvalue weighted by atomic mass is 79.9. The fourth-order valence-electron chi connectivity index (χ4n) is 1.81. The third-order valence-electron chi connectivity index (χ3n) is 2.85. The summed E-state index contributed by atoms with van der Waals surface area (Å²) < 4.78 is 32.1. The molecule has 2 aromatic carbocycles. The molecule has 0 amide bonds. The van der Waals surface area contributed by atoms with Gasteiger partial charge in [-0.1, -0.05) is 21.1 Å². The molecule has 1 aromatic heterocycles. The zero-order valence-electron chi connectivity index (χ0n) is 10.5. The van der Waals surface area contributed by atoms with Gasteiger partial charge in [0.15, 0.2) is 11.6 Å². The first-order valence-corrected chi connectivity index (χ1v) is 6.68. The Balaban J connectivity index is 2.01. The summed E-state index contributed by atoms with van der Waals surface area (Å²) >= 11 is 3.30. The second-order valence-corrected chi connectivity index (χ2v) is 5.20. The predicted molar refractivity (Wildman–Crippen MR) is 77.2 cm³/mol. The number of hydrogen-bond donors (Lipinski definition) is 1. The average molecular weight is 352 g/mol. The van der Waals surface area contributed by atoms with Crippen molar-refractivity contribution in [2.24, 2.45) is 0 Å². The van der Waals surface area contributed by atoms with E-state index in [1.165, 1.54) is 6.07 Å². The predicted octanol–water partition coefficient (Wildman–Crippen LogP) is 4.03. The number of aromatic nitrogens is 2. The van der Waals surface area contributed by atoms with E-state index in [9.17, 15) is 8.78 Å². The highest BCUT2D eigenvalue weighted by molar-refractivity contribution is 9.10. The molecule has 0 bridgehead atoms. The van der Waals surface area contributed by atoms with Crippen LogP contribution in [0.1, 0.15) is 0 Å². The van der Waals surface area contributed by atoms with E-state index in [4.69, 9.17) is 10.3 Å². The Bertz CT molecular complexity index is 820. The fraction of sp³-hybridized carbons (Fsp3) is 0.